The highest BCUT2D eigenvalue weighted by Gasteiger charge is 2.18. The van der Waals surface area contributed by atoms with Crippen molar-refractivity contribution in [1.29, 1.82) is 0 Å². The molecule has 0 saturated carbocycles. The lowest BCUT2D eigenvalue weighted by Crippen LogP contribution is -2.01. The van der Waals surface area contributed by atoms with E-state index in [4.69, 9.17) is 10.7 Å². The molecule has 0 spiro atoms. The van der Waals surface area contributed by atoms with Crippen LogP contribution in [0.1, 0.15) is 16.7 Å². The summed E-state index contributed by atoms with van der Waals surface area (Å²) in [7, 11) is 0. The standard InChI is InChI=1S/C57H40N6/c1-38(39-14-16-42(17-15-39)40-10-4-2-5-11-40)36-51(44-20-26-47(27-21-44)56-59-32-8-33-60-56)49-30-31-50-52(45-22-28-48(29-23-45)57-61-34-9-35-62-57)37-53(63-55(50)54(49)58)46-24-18-43(19-25-46)41-12-6-3-7-13-41/h2-37H,1,58H2/b51-36-. The third-order valence-electron chi connectivity index (χ3n) is 11.3. The second-order valence-electron chi connectivity index (χ2n) is 15.2. The fourth-order valence-electron chi connectivity index (χ4n) is 7.97. The molecular formula is C57H40N6. The summed E-state index contributed by atoms with van der Waals surface area (Å²) < 4.78 is 0. The summed E-state index contributed by atoms with van der Waals surface area (Å²) in [6.07, 6.45) is 9.15. The minimum Gasteiger partial charge on any atom is -0.396 e. The Kier molecular flexibility index (Phi) is 10.5. The minimum absolute atomic E-state index is 0.569. The molecule has 0 fully saturated rings. The fourth-order valence-corrected chi connectivity index (χ4v) is 7.97. The van der Waals surface area contributed by atoms with E-state index in [1.807, 2.05) is 36.4 Å². The lowest BCUT2D eigenvalue weighted by molar-refractivity contribution is 1.18. The zero-order valence-electron chi connectivity index (χ0n) is 34.3. The highest BCUT2D eigenvalue weighted by Crippen LogP contribution is 2.40. The third kappa shape index (κ3) is 8.04. The molecule has 3 heterocycles. The van der Waals surface area contributed by atoms with E-state index in [0.29, 0.717) is 22.9 Å². The quantitative estimate of drug-likeness (QED) is 0.109. The summed E-state index contributed by atoms with van der Waals surface area (Å²) in [5.41, 5.74) is 23.6. The Morgan fingerprint density at radius 1 is 0.429 bits per heavy atom. The molecule has 7 aromatic carbocycles. The molecule has 0 aliphatic carbocycles. The number of nitrogens with two attached hydrogens (primary N) is 1. The molecule has 6 heteroatoms. The van der Waals surface area contributed by atoms with Crippen molar-refractivity contribution in [3.8, 4) is 67.4 Å². The van der Waals surface area contributed by atoms with Crippen molar-refractivity contribution in [2.45, 2.75) is 0 Å². The number of allylic oxidation sites excluding steroid dienone is 2. The number of nitrogens with zero attached hydrogens (tertiary/aromatic N) is 5. The predicted molar refractivity (Wildman–Crippen MR) is 259 cm³/mol. The number of rotatable bonds is 10. The lowest BCUT2D eigenvalue weighted by atomic mass is 9.89. The van der Waals surface area contributed by atoms with Crippen molar-refractivity contribution >= 4 is 27.7 Å². The van der Waals surface area contributed by atoms with E-state index in [1.54, 1.807) is 24.8 Å². The molecule has 0 bridgehead atoms. The Morgan fingerprint density at radius 3 is 1.43 bits per heavy atom. The Hall–Kier alpha value is -8.61. The van der Waals surface area contributed by atoms with Crippen molar-refractivity contribution in [3.05, 3.63) is 242 Å². The van der Waals surface area contributed by atoms with E-state index in [-0.39, 0.29) is 0 Å². The van der Waals surface area contributed by atoms with E-state index < -0.39 is 0 Å². The molecular weight excluding hydrogens is 769 g/mol. The number of anilines is 1. The number of hydrogen-bond acceptors (Lipinski definition) is 6. The zero-order chi connectivity index (χ0) is 42.5. The van der Waals surface area contributed by atoms with Gasteiger partial charge in [0.15, 0.2) is 11.6 Å². The van der Waals surface area contributed by atoms with Gasteiger partial charge < -0.3 is 5.73 Å². The second kappa shape index (κ2) is 17.2. The van der Waals surface area contributed by atoms with Crippen molar-refractivity contribution in [3.63, 3.8) is 0 Å². The number of nitrogen functional groups attached to an aromatic ring is 1. The van der Waals surface area contributed by atoms with Gasteiger partial charge in [-0.3, -0.25) is 0 Å². The largest absolute Gasteiger partial charge is 0.396 e. The summed E-state index contributed by atoms with van der Waals surface area (Å²) in [5.74, 6) is 1.34. The molecule has 0 atom stereocenters. The van der Waals surface area contributed by atoms with Crippen LogP contribution in [-0.2, 0) is 0 Å². The molecule has 0 aliphatic rings. The molecule has 298 valence electrons. The first-order valence-electron chi connectivity index (χ1n) is 20.8. The monoisotopic (exact) mass is 808 g/mol. The molecule has 63 heavy (non-hydrogen) atoms. The maximum Gasteiger partial charge on any atom is 0.159 e. The normalized spacial score (nSPS) is 11.4. The van der Waals surface area contributed by atoms with E-state index in [2.05, 4.69) is 184 Å². The van der Waals surface area contributed by atoms with Gasteiger partial charge in [0.05, 0.1) is 16.9 Å². The highest BCUT2D eigenvalue weighted by atomic mass is 14.9. The number of fused-ring (bicyclic) bond motifs is 1. The van der Waals surface area contributed by atoms with Crippen molar-refractivity contribution < 1.29 is 0 Å². The molecule has 0 saturated heterocycles. The zero-order valence-corrected chi connectivity index (χ0v) is 34.3. The fraction of sp³-hybridized carbons (Fsp3) is 0. The van der Waals surface area contributed by atoms with Gasteiger partial charge in [0.25, 0.3) is 0 Å². The first-order chi connectivity index (χ1) is 31.1. The van der Waals surface area contributed by atoms with Crippen LogP contribution in [0.2, 0.25) is 0 Å². The highest BCUT2D eigenvalue weighted by molar-refractivity contribution is 6.07. The van der Waals surface area contributed by atoms with Crippen LogP contribution in [0.4, 0.5) is 5.69 Å². The summed E-state index contributed by atoms with van der Waals surface area (Å²) >= 11 is 0. The number of benzene rings is 7. The molecule has 0 unspecified atom stereocenters. The van der Waals surface area contributed by atoms with E-state index in [9.17, 15) is 0 Å². The number of hydrogen-bond donors (Lipinski definition) is 1. The molecule has 2 N–H and O–H groups in total. The predicted octanol–water partition coefficient (Wildman–Crippen LogP) is 13.5. The minimum atomic E-state index is 0.569. The van der Waals surface area contributed by atoms with Gasteiger partial charge in [-0.05, 0) is 79.9 Å². The van der Waals surface area contributed by atoms with E-state index in [0.717, 1.165) is 89.0 Å². The van der Waals surface area contributed by atoms with Crippen LogP contribution in [0, 0.1) is 0 Å². The van der Waals surface area contributed by atoms with Gasteiger partial charge in [-0.15, -0.1) is 0 Å². The summed E-state index contributed by atoms with van der Waals surface area (Å²) in [5, 5.41) is 0.941. The smallest absolute Gasteiger partial charge is 0.159 e. The van der Waals surface area contributed by atoms with Crippen LogP contribution in [0.5, 0.6) is 0 Å². The second-order valence-corrected chi connectivity index (χ2v) is 15.2. The first-order valence-corrected chi connectivity index (χ1v) is 20.8. The Bertz CT molecular complexity index is 3220. The summed E-state index contributed by atoms with van der Waals surface area (Å²) in [4.78, 5) is 23.2. The van der Waals surface area contributed by atoms with Gasteiger partial charge >= 0.3 is 0 Å². The SMILES string of the molecule is C=C(/C=C(/c1ccc(-c2ncccn2)cc1)c1ccc2c(-c3ccc(-c4ncccn4)cc3)cc(-c3ccc(-c4ccccc4)cc3)nc2c1N)c1ccc(-c2ccccc2)cc1. The number of aromatic nitrogens is 5. The molecule has 10 aromatic rings. The maximum absolute atomic E-state index is 7.40. The van der Waals surface area contributed by atoms with Crippen LogP contribution in [0.15, 0.2) is 225 Å². The van der Waals surface area contributed by atoms with Gasteiger partial charge in [0, 0.05) is 52.4 Å². The third-order valence-corrected chi connectivity index (χ3v) is 11.3. The molecule has 3 aromatic heterocycles. The van der Waals surface area contributed by atoms with Crippen LogP contribution in [-0.4, -0.2) is 24.9 Å². The Morgan fingerprint density at radius 2 is 0.873 bits per heavy atom. The van der Waals surface area contributed by atoms with Crippen LogP contribution in [0.3, 0.4) is 0 Å². The van der Waals surface area contributed by atoms with Crippen molar-refractivity contribution in [2.75, 3.05) is 5.73 Å². The van der Waals surface area contributed by atoms with Gasteiger partial charge in [0.2, 0.25) is 0 Å². The average Bonchev–Trinajstić information content (AvgIpc) is 3.37. The van der Waals surface area contributed by atoms with Crippen molar-refractivity contribution in [1.82, 2.24) is 24.9 Å². The van der Waals surface area contributed by atoms with Crippen LogP contribution >= 0.6 is 0 Å². The first kappa shape index (κ1) is 38.6. The Balaban J connectivity index is 1.12. The van der Waals surface area contributed by atoms with Gasteiger partial charge in [-0.1, -0.05) is 176 Å². The Labute approximate surface area is 366 Å². The molecule has 0 amide bonds. The maximum atomic E-state index is 7.40. The summed E-state index contributed by atoms with van der Waals surface area (Å²) in [6, 6.07) is 64.5. The van der Waals surface area contributed by atoms with E-state index in [1.165, 1.54) is 0 Å². The van der Waals surface area contributed by atoms with E-state index >= 15 is 0 Å². The van der Waals surface area contributed by atoms with Gasteiger partial charge in [0.1, 0.15) is 0 Å². The van der Waals surface area contributed by atoms with Gasteiger partial charge in [-0.25, -0.2) is 24.9 Å². The van der Waals surface area contributed by atoms with Gasteiger partial charge in [-0.2, -0.15) is 0 Å². The molecule has 10 rings (SSSR count). The topological polar surface area (TPSA) is 90.5 Å². The average molecular weight is 809 g/mol. The molecule has 0 aliphatic heterocycles. The number of pyridine rings is 1. The van der Waals surface area contributed by atoms with Crippen LogP contribution in [0.25, 0.3) is 89.5 Å². The van der Waals surface area contributed by atoms with Crippen molar-refractivity contribution in [2.24, 2.45) is 0 Å². The lowest BCUT2D eigenvalue weighted by Gasteiger charge is -2.18. The molecule has 0 radical (unpaired) electrons. The van der Waals surface area contributed by atoms with Crippen LogP contribution < -0.4 is 5.73 Å². The molecule has 6 nitrogen and oxygen atoms in total. The summed E-state index contributed by atoms with van der Waals surface area (Å²) in [6.45, 7) is 4.58.